The second kappa shape index (κ2) is 6.66. The lowest BCUT2D eigenvalue weighted by Gasteiger charge is -2.15. The van der Waals surface area contributed by atoms with Crippen LogP contribution in [-0.2, 0) is 4.79 Å². The molecule has 0 saturated carbocycles. The minimum atomic E-state index is -0.362. The molecule has 1 fully saturated rings. The molecule has 1 aliphatic rings. The van der Waals surface area contributed by atoms with Gasteiger partial charge in [-0.25, -0.2) is 0 Å². The Labute approximate surface area is 147 Å². The van der Waals surface area contributed by atoms with Crippen LogP contribution in [0.25, 0.3) is 6.08 Å². The molecule has 116 valence electrons. The minimum Gasteiger partial charge on any atom is -0.267 e. The van der Waals surface area contributed by atoms with Crippen LogP contribution in [0.1, 0.15) is 20.8 Å². The van der Waals surface area contributed by atoms with Gasteiger partial charge in [-0.1, -0.05) is 35.5 Å². The number of benzene rings is 1. The molecule has 1 aromatic carbocycles. The summed E-state index contributed by atoms with van der Waals surface area (Å²) in [5.74, 6) is -0.674. The predicted octanol–water partition coefficient (Wildman–Crippen LogP) is 3.60. The van der Waals surface area contributed by atoms with E-state index in [2.05, 4.69) is 5.43 Å². The van der Waals surface area contributed by atoms with Crippen molar-refractivity contribution in [3.05, 3.63) is 62.7 Å². The molecule has 0 atom stereocenters. The van der Waals surface area contributed by atoms with Gasteiger partial charge in [0.2, 0.25) is 0 Å². The van der Waals surface area contributed by atoms with Crippen molar-refractivity contribution >= 4 is 57.5 Å². The number of thiocarbonyl (C=S) groups is 1. The highest BCUT2D eigenvalue weighted by Gasteiger charge is 2.33. The van der Waals surface area contributed by atoms with Crippen LogP contribution < -0.4 is 5.43 Å². The molecule has 1 aromatic heterocycles. The number of aryl methyl sites for hydroxylation is 1. The van der Waals surface area contributed by atoms with Crippen molar-refractivity contribution in [2.24, 2.45) is 0 Å². The van der Waals surface area contributed by atoms with E-state index in [9.17, 15) is 9.59 Å². The monoisotopic (exact) mass is 360 g/mol. The Morgan fingerprint density at radius 2 is 2.00 bits per heavy atom. The number of amides is 2. The maximum atomic E-state index is 12.4. The first-order valence-electron chi connectivity index (χ1n) is 6.74. The van der Waals surface area contributed by atoms with E-state index in [1.54, 1.807) is 18.2 Å². The number of carbonyl (C=O) groups excluding carboxylic acids is 2. The fourth-order valence-electron chi connectivity index (χ4n) is 1.94. The van der Waals surface area contributed by atoms with Gasteiger partial charge in [-0.3, -0.25) is 15.0 Å². The number of nitrogens with one attached hydrogen (secondary N) is 1. The SMILES string of the molecule is Cc1ccc(C(=O)NN2C(=O)C(=Cc3cccs3)SC2=S)cc1. The minimum absolute atomic E-state index is 0.311. The van der Waals surface area contributed by atoms with Crippen molar-refractivity contribution in [2.75, 3.05) is 0 Å². The normalized spacial score (nSPS) is 16.2. The van der Waals surface area contributed by atoms with Crippen LogP contribution in [0.3, 0.4) is 0 Å². The molecule has 1 N–H and O–H groups in total. The van der Waals surface area contributed by atoms with Gasteiger partial charge >= 0.3 is 0 Å². The number of carbonyl (C=O) groups is 2. The highest BCUT2D eigenvalue weighted by molar-refractivity contribution is 8.26. The van der Waals surface area contributed by atoms with Crippen molar-refractivity contribution in [1.29, 1.82) is 0 Å². The van der Waals surface area contributed by atoms with E-state index in [0.29, 0.717) is 14.8 Å². The second-order valence-corrected chi connectivity index (χ2v) is 7.49. The molecular formula is C16H12N2O2S3. The Balaban J connectivity index is 1.75. The zero-order valence-electron chi connectivity index (χ0n) is 12.1. The molecule has 1 saturated heterocycles. The lowest BCUT2D eigenvalue weighted by atomic mass is 10.1. The van der Waals surface area contributed by atoms with E-state index >= 15 is 0 Å². The molecule has 2 aromatic rings. The van der Waals surface area contributed by atoms with Crippen molar-refractivity contribution in [1.82, 2.24) is 10.4 Å². The van der Waals surface area contributed by atoms with Gasteiger partial charge in [0, 0.05) is 10.4 Å². The number of thioether (sulfide) groups is 1. The smallest absolute Gasteiger partial charge is 0.267 e. The van der Waals surface area contributed by atoms with Crippen molar-refractivity contribution < 1.29 is 9.59 Å². The van der Waals surface area contributed by atoms with Gasteiger partial charge in [0.05, 0.1) is 4.91 Å². The molecule has 0 unspecified atom stereocenters. The van der Waals surface area contributed by atoms with Crippen LogP contribution >= 0.6 is 35.3 Å². The number of nitrogens with zero attached hydrogens (tertiary/aromatic N) is 1. The Kier molecular flexibility index (Phi) is 4.61. The summed E-state index contributed by atoms with van der Waals surface area (Å²) in [6.07, 6.45) is 1.78. The quantitative estimate of drug-likeness (QED) is 0.671. The summed E-state index contributed by atoms with van der Waals surface area (Å²) in [7, 11) is 0. The van der Waals surface area contributed by atoms with Gasteiger partial charge in [0.25, 0.3) is 11.8 Å². The summed E-state index contributed by atoms with van der Waals surface area (Å²) < 4.78 is 0.318. The standard InChI is InChI=1S/C16H12N2O2S3/c1-10-4-6-11(7-5-10)14(19)17-18-15(20)13(23-16(18)21)9-12-3-2-8-22-12/h2-9H,1H3,(H,17,19). The predicted molar refractivity (Wildman–Crippen MR) is 98.0 cm³/mol. The molecule has 1 aliphatic heterocycles. The first kappa shape index (κ1) is 15.9. The molecule has 2 heterocycles. The molecule has 23 heavy (non-hydrogen) atoms. The van der Waals surface area contributed by atoms with Crippen LogP contribution in [0.15, 0.2) is 46.7 Å². The lowest BCUT2D eigenvalue weighted by molar-refractivity contribution is -0.123. The number of hydrazine groups is 1. The number of hydrogen-bond acceptors (Lipinski definition) is 5. The van der Waals surface area contributed by atoms with E-state index in [4.69, 9.17) is 12.2 Å². The molecule has 0 bridgehead atoms. The first-order chi connectivity index (χ1) is 11.0. The van der Waals surface area contributed by atoms with Crippen LogP contribution in [0.5, 0.6) is 0 Å². The molecule has 0 radical (unpaired) electrons. The van der Waals surface area contributed by atoms with Gasteiger partial charge in [0.15, 0.2) is 4.32 Å². The van der Waals surface area contributed by atoms with Crippen molar-refractivity contribution in [3.8, 4) is 0 Å². The number of hydrogen-bond donors (Lipinski definition) is 1. The summed E-state index contributed by atoms with van der Waals surface area (Å²) in [5.41, 5.74) is 4.11. The number of thiophene rings is 1. The highest BCUT2D eigenvalue weighted by Crippen LogP contribution is 2.32. The highest BCUT2D eigenvalue weighted by atomic mass is 32.2. The average molecular weight is 360 g/mol. The van der Waals surface area contributed by atoms with E-state index < -0.39 is 0 Å². The van der Waals surface area contributed by atoms with Crippen LogP contribution in [0.4, 0.5) is 0 Å². The molecular weight excluding hydrogens is 348 g/mol. The van der Waals surface area contributed by atoms with Crippen LogP contribution in [-0.4, -0.2) is 21.1 Å². The third-order valence-electron chi connectivity index (χ3n) is 3.14. The Bertz CT molecular complexity index is 795. The van der Waals surface area contributed by atoms with Gasteiger partial charge in [-0.2, -0.15) is 5.01 Å². The molecule has 0 spiro atoms. The third-order valence-corrected chi connectivity index (χ3v) is 5.26. The summed E-state index contributed by atoms with van der Waals surface area (Å²) in [6.45, 7) is 1.94. The third kappa shape index (κ3) is 3.52. The average Bonchev–Trinajstić information content (AvgIpc) is 3.12. The van der Waals surface area contributed by atoms with E-state index in [1.807, 2.05) is 36.6 Å². The summed E-state index contributed by atoms with van der Waals surface area (Å²) in [5, 5.41) is 3.06. The Hall–Kier alpha value is -1.96. The second-order valence-electron chi connectivity index (χ2n) is 4.84. The molecule has 2 amide bonds. The molecule has 0 aliphatic carbocycles. The molecule has 3 rings (SSSR count). The van der Waals surface area contributed by atoms with Crippen molar-refractivity contribution in [3.63, 3.8) is 0 Å². The largest absolute Gasteiger partial charge is 0.285 e. The fraction of sp³-hybridized carbons (Fsp3) is 0.0625. The maximum Gasteiger partial charge on any atom is 0.285 e. The topological polar surface area (TPSA) is 49.4 Å². The van der Waals surface area contributed by atoms with Crippen molar-refractivity contribution in [2.45, 2.75) is 6.92 Å². The zero-order valence-corrected chi connectivity index (χ0v) is 14.6. The summed E-state index contributed by atoms with van der Waals surface area (Å²) >= 11 is 7.91. The Morgan fingerprint density at radius 3 is 2.65 bits per heavy atom. The zero-order chi connectivity index (χ0) is 16.4. The van der Waals surface area contributed by atoms with E-state index in [0.717, 1.165) is 15.4 Å². The first-order valence-corrected chi connectivity index (χ1v) is 8.84. The summed E-state index contributed by atoms with van der Waals surface area (Å²) in [4.78, 5) is 26.1. The Morgan fingerprint density at radius 1 is 1.26 bits per heavy atom. The number of rotatable bonds is 3. The van der Waals surface area contributed by atoms with Gasteiger partial charge in [0.1, 0.15) is 0 Å². The maximum absolute atomic E-state index is 12.4. The molecule has 4 nitrogen and oxygen atoms in total. The molecule has 7 heteroatoms. The van der Waals surface area contributed by atoms with Gasteiger partial charge in [-0.05, 0) is 48.8 Å². The fourth-order valence-corrected chi connectivity index (χ4v) is 3.84. The van der Waals surface area contributed by atoms with E-state index in [-0.39, 0.29) is 11.8 Å². The summed E-state index contributed by atoms with van der Waals surface area (Å²) in [6, 6.07) is 10.9. The van der Waals surface area contributed by atoms with E-state index in [1.165, 1.54) is 23.1 Å². The van der Waals surface area contributed by atoms with Gasteiger partial charge in [-0.15, -0.1) is 11.3 Å². The van der Waals surface area contributed by atoms with Crippen LogP contribution in [0.2, 0.25) is 0 Å². The van der Waals surface area contributed by atoms with Crippen LogP contribution in [0, 0.1) is 6.92 Å². The van der Waals surface area contributed by atoms with Gasteiger partial charge < -0.3 is 0 Å². The lowest BCUT2D eigenvalue weighted by Crippen LogP contribution is -2.44.